The molecule has 1 aromatic heterocycles. The quantitative estimate of drug-likeness (QED) is 0.0869. The van der Waals surface area contributed by atoms with Gasteiger partial charge in [-0.1, -0.05) is 62.9 Å². The monoisotopic (exact) mass is 682 g/mol. The van der Waals surface area contributed by atoms with Crippen molar-refractivity contribution in [2.24, 2.45) is 11.8 Å². The first-order chi connectivity index (χ1) is 24.3. The number of nitrogens with zero attached hydrogens (tertiary/aromatic N) is 5. The Hall–Kier alpha value is -4.93. The predicted molar refractivity (Wildman–Crippen MR) is 198 cm³/mol. The van der Waals surface area contributed by atoms with E-state index in [9.17, 15) is 14.9 Å². The molecule has 1 amide bonds. The summed E-state index contributed by atoms with van der Waals surface area (Å²) in [6.07, 6.45) is 8.99. The summed E-state index contributed by atoms with van der Waals surface area (Å²) in [4.78, 5) is 37.7. The van der Waals surface area contributed by atoms with Gasteiger partial charge in [-0.25, -0.2) is 4.98 Å². The van der Waals surface area contributed by atoms with E-state index in [1.165, 1.54) is 50.1 Å². The van der Waals surface area contributed by atoms with Crippen molar-refractivity contribution in [3.05, 3.63) is 88.0 Å². The van der Waals surface area contributed by atoms with Gasteiger partial charge in [0.15, 0.2) is 0 Å². The summed E-state index contributed by atoms with van der Waals surface area (Å²) in [5, 5.41) is 15.6. The van der Waals surface area contributed by atoms with E-state index < -0.39 is 4.92 Å². The van der Waals surface area contributed by atoms with Gasteiger partial charge >= 0.3 is 0 Å². The minimum Gasteiger partial charge on any atom is -0.497 e. The largest absolute Gasteiger partial charge is 0.497 e. The fourth-order valence-electron chi connectivity index (χ4n) is 6.84. The summed E-state index contributed by atoms with van der Waals surface area (Å²) in [6.45, 7) is 5.45. The molecule has 4 aromatic rings. The summed E-state index contributed by atoms with van der Waals surface area (Å²) < 4.78 is 10.8. The molecule has 5 rings (SSSR count). The maximum absolute atomic E-state index is 13.0. The molecule has 0 aliphatic carbocycles. The molecule has 0 bridgehead atoms. The Morgan fingerprint density at radius 2 is 1.78 bits per heavy atom. The molecule has 0 saturated carbocycles. The van der Waals surface area contributed by atoms with Crippen molar-refractivity contribution in [3.63, 3.8) is 0 Å². The molecule has 50 heavy (non-hydrogen) atoms. The van der Waals surface area contributed by atoms with E-state index >= 15 is 0 Å². The van der Waals surface area contributed by atoms with Gasteiger partial charge in [-0.05, 0) is 67.3 Å². The lowest BCUT2D eigenvalue weighted by molar-refractivity contribution is -0.384. The number of anilines is 2. The number of amides is 1. The summed E-state index contributed by atoms with van der Waals surface area (Å²) in [7, 11) is 4.87. The molecule has 266 valence electrons. The zero-order chi connectivity index (χ0) is 35.5. The Morgan fingerprint density at radius 1 is 1.02 bits per heavy atom. The van der Waals surface area contributed by atoms with Crippen molar-refractivity contribution >= 4 is 34.3 Å². The number of carbonyl (C=O) groups is 1. The summed E-state index contributed by atoms with van der Waals surface area (Å²) >= 11 is 0. The lowest BCUT2D eigenvalue weighted by Crippen LogP contribution is -2.35. The van der Waals surface area contributed by atoms with Crippen molar-refractivity contribution in [2.75, 3.05) is 51.1 Å². The van der Waals surface area contributed by atoms with Crippen molar-refractivity contribution in [3.8, 4) is 11.5 Å². The third kappa shape index (κ3) is 9.40. The Kier molecular flexibility index (Phi) is 12.8. The second-order valence-corrected chi connectivity index (χ2v) is 13.2. The average Bonchev–Trinajstić information content (AvgIpc) is 3.15. The van der Waals surface area contributed by atoms with Crippen molar-refractivity contribution in [1.82, 2.24) is 14.9 Å². The number of carbonyl (C=O) groups excluding carboxylic acids is 1. The Balaban J connectivity index is 1.08. The zero-order valence-electron chi connectivity index (χ0n) is 29.8. The first-order valence-electron chi connectivity index (χ1n) is 17.8. The topological polar surface area (TPSA) is 123 Å². The average molecular weight is 683 g/mol. The van der Waals surface area contributed by atoms with Crippen LogP contribution in [-0.4, -0.2) is 66.6 Å². The normalized spacial score (nSPS) is 14.0. The van der Waals surface area contributed by atoms with Crippen molar-refractivity contribution in [1.29, 1.82) is 0 Å². The molecule has 11 heteroatoms. The Labute approximate surface area is 295 Å². The van der Waals surface area contributed by atoms with E-state index in [1.807, 2.05) is 36.4 Å². The van der Waals surface area contributed by atoms with Crippen LogP contribution in [0.1, 0.15) is 74.2 Å². The lowest BCUT2D eigenvalue weighted by Gasteiger charge is -2.32. The molecule has 1 aliphatic rings. The van der Waals surface area contributed by atoms with Gasteiger partial charge in [0.1, 0.15) is 17.3 Å². The number of nitro benzene ring substituents is 1. The molecule has 1 atom stereocenters. The standard InChI is InChI=1S/C39H50N6O5/c1-5-28(15-10-22-43(2)38(46)33-18-16-31(45(47)48)25-36(33)50-4)13-9-14-29-20-23-44(24-21-29)39-41-35-19-17-32(49-3)26-34(35)37(42-39)40-27-30-11-7-6-8-12-30/h6-8,11-12,16-19,25-26,28-29H,5,9-10,13-15,20-24,27H2,1-4H3,(H,40,41,42). The Bertz CT molecular complexity index is 1730. The second-order valence-electron chi connectivity index (χ2n) is 13.2. The second kappa shape index (κ2) is 17.6. The number of benzene rings is 3. The molecule has 3 aromatic carbocycles. The fourth-order valence-corrected chi connectivity index (χ4v) is 6.84. The number of piperidine rings is 1. The number of methoxy groups -OCH3 is 2. The number of hydrogen-bond acceptors (Lipinski definition) is 9. The number of nitrogens with one attached hydrogen (secondary N) is 1. The van der Waals surface area contributed by atoms with Crippen LogP contribution in [-0.2, 0) is 6.54 Å². The van der Waals surface area contributed by atoms with Gasteiger partial charge in [0.05, 0.1) is 36.3 Å². The predicted octanol–water partition coefficient (Wildman–Crippen LogP) is 8.13. The number of fused-ring (bicyclic) bond motifs is 1. The molecule has 1 unspecified atom stereocenters. The van der Waals surface area contributed by atoms with E-state index in [0.717, 1.165) is 73.6 Å². The van der Waals surface area contributed by atoms with E-state index in [1.54, 1.807) is 19.1 Å². The van der Waals surface area contributed by atoms with Crippen LogP contribution in [0.25, 0.3) is 10.9 Å². The third-order valence-electron chi connectivity index (χ3n) is 9.97. The maximum atomic E-state index is 13.0. The van der Waals surface area contributed by atoms with E-state index in [0.29, 0.717) is 30.5 Å². The van der Waals surface area contributed by atoms with Crippen LogP contribution in [0.3, 0.4) is 0 Å². The third-order valence-corrected chi connectivity index (χ3v) is 9.97. The molecule has 1 N–H and O–H groups in total. The molecular formula is C39H50N6O5. The van der Waals surface area contributed by atoms with Crippen LogP contribution in [0, 0.1) is 22.0 Å². The molecule has 1 aliphatic heterocycles. The van der Waals surface area contributed by atoms with Crippen molar-refractivity contribution in [2.45, 2.75) is 64.8 Å². The highest BCUT2D eigenvalue weighted by molar-refractivity contribution is 5.97. The molecule has 1 saturated heterocycles. The van der Waals surface area contributed by atoms with Gasteiger partial charge in [-0.2, -0.15) is 4.98 Å². The zero-order valence-corrected chi connectivity index (χ0v) is 29.8. The number of aromatic nitrogens is 2. The number of hydrogen-bond donors (Lipinski definition) is 1. The highest BCUT2D eigenvalue weighted by atomic mass is 16.6. The van der Waals surface area contributed by atoms with Gasteiger partial charge in [-0.3, -0.25) is 14.9 Å². The van der Waals surface area contributed by atoms with Gasteiger partial charge in [0.25, 0.3) is 11.6 Å². The van der Waals surface area contributed by atoms with Crippen LogP contribution in [0.5, 0.6) is 11.5 Å². The van der Waals surface area contributed by atoms with Gasteiger partial charge < -0.3 is 24.6 Å². The molecule has 0 radical (unpaired) electrons. The number of ether oxygens (including phenoxy) is 2. The summed E-state index contributed by atoms with van der Waals surface area (Å²) in [5.41, 5.74) is 2.34. The van der Waals surface area contributed by atoms with Crippen LogP contribution < -0.4 is 19.7 Å². The highest BCUT2D eigenvalue weighted by Gasteiger charge is 2.23. The number of non-ortho nitro benzene ring substituents is 1. The van der Waals surface area contributed by atoms with Gasteiger partial charge in [-0.15, -0.1) is 0 Å². The van der Waals surface area contributed by atoms with E-state index in [4.69, 9.17) is 19.4 Å². The molecule has 11 nitrogen and oxygen atoms in total. The molecule has 0 spiro atoms. The molecular weight excluding hydrogens is 632 g/mol. The molecule has 2 heterocycles. The Morgan fingerprint density at radius 3 is 2.48 bits per heavy atom. The van der Waals surface area contributed by atoms with Crippen LogP contribution in [0.15, 0.2) is 66.7 Å². The number of nitro groups is 1. The molecule has 1 fully saturated rings. The van der Waals surface area contributed by atoms with Crippen LogP contribution >= 0.6 is 0 Å². The summed E-state index contributed by atoms with van der Waals surface area (Å²) in [6, 6.07) is 20.4. The van der Waals surface area contributed by atoms with Crippen LogP contribution in [0.4, 0.5) is 17.5 Å². The van der Waals surface area contributed by atoms with Crippen molar-refractivity contribution < 1.29 is 19.2 Å². The first kappa shape index (κ1) is 36.4. The first-order valence-corrected chi connectivity index (χ1v) is 17.8. The van der Waals surface area contributed by atoms with E-state index in [-0.39, 0.29) is 17.3 Å². The van der Waals surface area contributed by atoms with E-state index in [2.05, 4.69) is 29.3 Å². The maximum Gasteiger partial charge on any atom is 0.273 e. The van der Waals surface area contributed by atoms with Gasteiger partial charge in [0.2, 0.25) is 5.95 Å². The van der Waals surface area contributed by atoms with Crippen LogP contribution in [0.2, 0.25) is 0 Å². The minimum atomic E-state index is -0.491. The fraction of sp³-hybridized carbons (Fsp3) is 0.462. The minimum absolute atomic E-state index is 0.0979. The smallest absolute Gasteiger partial charge is 0.273 e. The summed E-state index contributed by atoms with van der Waals surface area (Å²) in [5.74, 6) is 3.74. The number of rotatable bonds is 17. The SMILES string of the molecule is CCC(CCCC1CCN(c2nc(NCc3ccccc3)c3cc(OC)ccc3n2)CC1)CCCN(C)C(=O)c1ccc([N+](=O)[O-])cc1OC. The lowest BCUT2D eigenvalue weighted by atomic mass is 9.88. The van der Waals surface area contributed by atoms with Gasteiger partial charge in [0, 0.05) is 44.7 Å². The highest BCUT2D eigenvalue weighted by Crippen LogP contribution is 2.32.